The fraction of sp³-hybridized carbons (Fsp3) is 0.400. The quantitative estimate of drug-likeness (QED) is 0.608. The second kappa shape index (κ2) is 7.89. The lowest BCUT2D eigenvalue weighted by molar-refractivity contribution is 0.486. The molecule has 0 radical (unpaired) electrons. The molecule has 0 bridgehead atoms. The first-order valence-corrected chi connectivity index (χ1v) is 7.90. The molecule has 0 aliphatic rings. The van der Waals surface area contributed by atoms with Crippen molar-refractivity contribution in [2.45, 2.75) is 46.0 Å². The summed E-state index contributed by atoms with van der Waals surface area (Å²) in [5, 5.41) is 0. The minimum absolute atomic E-state index is 0.838. The molecule has 20 heavy (non-hydrogen) atoms. The summed E-state index contributed by atoms with van der Waals surface area (Å²) in [4.78, 5) is 0. The highest BCUT2D eigenvalue weighted by molar-refractivity contribution is 5.32. The standard InChI is InChI=1S/C20H26/c1-3-9-17(2)14-15-19-12-7-8-13-20(19)16-18-10-5-4-6-11-18/h4-8,10-13,17H,3,9,14-16H2,1-2H3. The number of aryl methyl sites for hydroxylation is 1. The molecule has 2 aromatic carbocycles. The lowest BCUT2D eigenvalue weighted by Crippen LogP contribution is -2.00. The van der Waals surface area contributed by atoms with Gasteiger partial charge in [0.15, 0.2) is 0 Å². The van der Waals surface area contributed by atoms with E-state index in [9.17, 15) is 0 Å². The number of hydrogen-bond donors (Lipinski definition) is 0. The van der Waals surface area contributed by atoms with Gasteiger partial charge in [-0.3, -0.25) is 0 Å². The smallest absolute Gasteiger partial charge is 0.00230 e. The van der Waals surface area contributed by atoms with Crippen LogP contribution in [-0.4, -0.2) is 0 Å². The molecule has 0 nitrogen and oxygen atoms in total. The molecule has 2 aromatic rings. The third kappa shape index (κ3) is 4.52. The molecule has 2 rings (SSSR count). The Bertz CT molecular complexity index is 498. The Morgan fingerprint density at radius 1 is 0.800 bits per heavy atom. The lowest BCUT2D eigenvalue weighted by Gasteiger charge is -2.13. The summed E-state index contributed by atoms with van der Waals surface area (Å²) < 4.78 is 0. The van der Waals surface area contributed by atoms with Crippen LogP contribution in [0.4, 0.5) is 0 Å². The molecule has 0 aliphatic heterocycles. The van der Waals surface area contributed by atoms with Crippen LogP contribution in [0.2, 0.25) is 0 Å². The van der Waals surface area contributed by atoms with E-state index >= 15 is 0 Å². The molecule has 0 heterocycles. The lowest BCUT2D eigenvalue weighted by atomic mass is 9.92. The van der Waals surface area contributed by atoms with Gasteiger partial charge in [-0.15, -0.1) is 0 Å². The Balaban J connectivity index is 2.02. The van der Waals surface area contributed by atoms with Crippen molar-refractivity contribution in [2.75, 3.05) is 0 Å². The van der Waals surface area contributed by atoms with Gasteiger partial charge < -0.3 is 0 Å². The summed E-state index contributed by atoms with van der Waals surface area (Å²) in [6.07, 6.45) is 6.22. The van der Waals surface area contributed by atoms with Gasteiger partial charge in [0.1, 0.15) is 0 Å². The Morgan fingerprint density at radius 3 is 2.15 bits per heavy atom. The van der Waals surface area contributed by atoms with Gasteiger partial charge in [-0.25, -0.2) is 0 Å². The first-order valence-electron chi connectivity index (χ1n) is 7.90. The summed E-state index contributed by atoms with van der Waals surface area (Å²) >= 11 is 0. The van der Waals surface area contributed by atoms with E-state index in [1.54, 1.807) is 0 Å². The molecule has 1 atom stereocenters. The molecule has 0 fully saturated rings. The summed E-state index contributed by atoms with van der Waals surface area (Å²) in [5.41, 5.74) is 4.42. The fourth-order valence-corrected chi connectivity index (χ4v) is 2.83. The van der Waals surface area contributed by atoms with Gasteiger partial charge in [-0.2, -0.15) is 0 Å². The molecular formula is C20H26. The molecular weight excluding hydrogens is 240 g/mol. The van der Waals surface area contributed by atoms with E-state index in [4.69, 9.17) is 0 Å². The third-order valence-electron chi connectivity index (χ3n) is 4.04. The normalized spacial score (nSPS) is 12.3. The van der Waals surface area contributed by atoms with Gasteiger partial charge in [0.25, 0.3) is 0 Å². The first-order chi connectivity index (χ1) is 9.79. The highest BCUT2D eigenvalue weighted by atomic mass is 14.1. The molecule has 1 unspecified atom stereocenters. The van der Waals surface area contributed by atoms with E-state index in [2.05, 4.69) is 68.4 Å². The zero-order valence-corrected chi connectivity index (χ0v) is 12.8. The Kier molecular flexibility index (Phi) is 5.86. The van der Waals surface area contributed by atoms with Crippen LogP contribution in [0.1, 0.15) is 49.8 Å². The number of benzene rings is 2. The van der Waals surface area contributed by atoms with Gasteiger partial charge in [-0.1, -0.05) is 81.3 Å². The molecule has 0 aromatic heterocycles. The van der Waals surface area contributed by atoms with Crippen LogP contribution in [0.25, 0.3) is 0 Å². The van der Waals surface area contributed by atoms with E-state index < -0.39 is 0 Å². The van der Waals surface area contributed by atoms with Crippen molar-refractivity contribution in [2.24, 2.45) is 5.92 Å². The topological polar surface area (TPSA) is 0 Å². The summed E-state index contributed by atoms with van der Waals surface area (Å²) in [6, 6.07) is 19.7. The second-order valence-corrected chi connectivity index (χ2v) is 5.86. The van der Waals surface area contributed by atoms with Crippen molar-refractivity contribution in [1.29, 1.82) is 0 Å². The van der Waals surface area contributed by atoms with E-state index in [1.807, 2.05) is 0 Å². The average Bonchev–Trinajstić information content (AvgIpc) is 2.48. The van der Waals surface area contributed by atoms with Crippen molar-refractivity contribution in [3.63, 3.8) is 0 Å². The fourth-order valence-electron chi connectivity index (χ4n) is 2.83. The summed E-state index contributed by atoms with van der Waals surface area (Å²) in [7, 11) is 0. The van der Waals surface area contributed by atoms with Crippen molar-refractivity contribution < 1.29 is 0 Å². The van der Waals surface area contributed by atoms with E-state index in [1.165, 1.54) is 42.4 Å². The Morgan fingerprint density at radius 2 is 1.45 bits per heavy atom. The van der Waals surface area contributed by atoms with Gasteiger partial charge in [-0.05, 0) is 41.9 Å². The minimum atomic E-state index is 0.838. The van der Waals surface area contributed by atoms with Gasteiger partial charge in [0.2, 0.25) is 0 Å². The van der Waals surface area contributed by atoms with Crippen LogP contribution < -0.4 is 0 Å². The zero-order valence-electron chi connectivity index (χ0n) is 12.8. The van der Waals surface area contributed by atoms with Crippen LogP contribution in [0.3, 0.4) is 0 Å². The van der Waals surface area contributed by atoms with Crippen molar-refractivity contribution >= 4 is 0 Å². The summed E-state index contributed by atoms with van der Waals surface area (Å²) in [5.74, 6) is 0.838. The first kappa shape index (κ1) is 14.8. The summed E-state index contributed by atoms with van der Waals surface area (Å²) in [6.45, 7) is 4.66. The van der Waals surface area contributed by atoms with Crippen LogP contribution >= 0.6 is 0 Å². The van der Waals surface area contributed by atoms with Gasteiger partial charge in [0.05, 0.1) is 0 Å². The molecule has 0 saturated heterocycles. The zero-order chi connectivity index (χ0) is 14.2. The van der Waals surface area contributed by atoms with Crippen LogP contribution in [0.5, 0.6) is 0 Å². The van der Waals surface area contributed by atoms with Crippen LogP contribution in [0, 0.1) is 5.92 Å². The van der Waals surface area contributed by atoms with Crippen molar-refractivity contribution in [1.82, 2.24) is 0 Å². The molecule has 106 valence electrons. The second-order valence-electron chi connectivity index (χ2n) is 5.86. The maximum atomic E-state index is 2.38. The average molecular weight is 266 g/mol. The molecule has 0 heteroatoms. The predicted molar refractivity (Wildman–Crippen MR) is 88.1 cm³/mol. The number of rotatable bonds is 7. The van der Waals surface area contributed by atoms with E-state index in [0.29, 0.717) is 0 Å². The highest BCUT2D eigenvalue weighted by Crippen LogP contribution is 2.19. The largest absolute Gasteiger partial charge is 0.0654 e. The van der Waals surface area contributed by atoms with Crippen LogP contribution in [0.15, 0.2) is 54.6 Å². The Hall–Kier alpha value is -1.56. The maximum Gasteiger partial charge on any atom is -0.00230 e. The predicted octanol–water partition coefficient (Wildman–Crippen LogP) is 5.65. The van der Waals surface area contributed by atoms with E-state index in [-0.39, 0.29) is 0 Å². The van der Waals surface area contributed by atoms with Gasteiger partial charge >= 0.3 is 0 Å². The molecule has 0 spiro atoms. The Labute approximate surface area is 123 Å². The van der Waals surface area contributed by atoms with Crippen LogP contribution in [-0.2, 0) is 12.8 Å². The molecule has 0 aliphatic carbocycles. The molecule has 0 N–H and O–H groups in total. The SMILES string of the molecule is CCCC(C)CCc1ccccc1Cc1ccccc1. The monoisotopic (exact) mass is 266 g/mol. The maximum absolute atomic E-state index is 2.38. The van der Waals surface area contributed by atoms with E-state index in [0.717, 1.165) is 12.3 Å². The van der Waals surface area contributed by atoms with Crippen molar-refractivity contribution in [3.8, 4) is 0 Å². The third-order valence-corrected chi connectivity index (χ3v) is 4.04. The highest BCUT2D eigenvalue weighted by Gasteiger charge is 2.06. The molecule has 0 amide bonds. The minimum Gasteiger partial charge on any atom is -0.0654 e. The number of hydrogen-bond acceptors (Lipinski definition) is 0. The molecule has 0 saturated carbocycles. The van der Waals surface area contributed by atoms with Gasteiger partial charge in [0, 0.05) is 0 Å². The van der Waals surface area contributed by atoms with Crippen molar-refractivity contribution in [3.05, 3.63) is 71.3 Å².